The number of carbonyl (C=O) groups excluding carboxylic acids is 2. The smallest absolute Gasteiger partial charge is 0.275 e. The summed E-state index contributed by atoms with van der Waals surface area (Å²) in [5, 5.41) is 17.0. The van der Waals surface area contributed by atoms with Crippen LogP contribution in [0, 0.1) is 0 Å². The number of nitrogens with one attached hydrogen (secondary N) is 4. The van der Waals surface area contributed by atoms with E-state index >= 15 is 0 Å². The molecule has 6 heterocycles. The first kappa shape index (κ1) is 49.0. The second-order valence-electron chi connectivity index (χ2n) is 16.0. The van der Waals surface area contributed by atoms with Crippen molar-refractivity contribution < 1.29 is 22.7 Å². The van der Waals surface area contributed by atoms with Crippen LogP contribution in [0.1, 0.15) is 31.0 Å². The molecule has 0 radical (unpaired) electrons. The van der Waals surface area contributed by atoms with Gasteiger partial charge in [0.2, 0.25) is 10.0 Å². The highest BCUT2D eigenvalue weighted by Crippen LogP contribution is 2.29. The van der Waals surface area contributed by atoms with Crippen LogP contribution in [0.4, 0.5) is 34.1 Å². The van der Waals surface area contributed by atoms with Crippen molar-refractivity contribution in [3.05, 3.63) is 130 Å². The number of anilines is 4. The number of sulfonamides is 1. The Hall–Kier alpha value is -7.41. The number of nitrogens with zero attached hydrogens (tertiary/aromatic N) is 9. The van der Waals surface area contributed by atoms with Crippen LogP contribution in [0.15, 0.2) is 123 Å². The molecule has 0 bridgehead atoms. The first-order chi connectivity index (χ1) is 33.9. The van der Waals surface area contributed by atoms with Gasteiger partial charge < -0.3 is 47.3 Å². The molecule has 1 atom stereocenters. The molecule has 2 aromatic carbocycles. The monoisotopic (exact) mass is 1000 g/mol. The molecule has 2 aliphatic rings. The minimum Gasteiger partial charge on any atom is -0.492 e. The molecular weight excluding hydrogens is 951 g/mol. The summed E-state index contributed by atoms with van der Waals surface area (Å²) in [5.74, 6) is -0.0730. The Morgan fingerprint density at radius 3 is 1.83 bits per heavy atom. The molecule has 2 aliphatic heterocycles. The van der Waals surface area contributed by atoms with Gasteiger partial charge in [-0.25, -0.2) is 22.7 Å². The summed E-state index contributed by atoms with van der Waals surface area (Å²) in [5.41, 5.74) is 17.9. The second kappa shape index (κ2) is 22.8. The van der Waals surface area contributed by atoms with E-state index in [1.807, 2.05) is 36.4 Å². The van der Waals surface area contributed by atoms with Gasteiger partial charge in [0.1, 0.15) is 33.8 Å². The van der Waals surface area contributed by atoms with Gasteiger partial charge >= 0.3 is 0 Å². The minimum atomic E-state index is -3.54. The van der Waals surface area contributed by atoms with E-state index in [4.69, 9.17) is 16.2 Å². The largest absolute Gasteiger partial charge is 0.492 e. The molecule has 362 valence electrons. The normalized spacial score (nSPS) is 16.0. The Bertz CT molecular complexity index is 3020. The SMILES string of the molecule is CN(C)S(=O)(=O)c1ccc(N=CC=C(N)c2nc(C(=O)Nc3cnccc3N3CCNC(COc4ccc(N=CC=C(N)c5nc(C(=O)Nc6cnccc6N6CCNCC6)cs5)cc4)C3)cs2)cc1. The van der Waals surface area contributed by atoms with Crippen LogP contribution in [0.3, 0.4) is 0 Å². The average Bonchev–Trinajstić information content (AvgIpc) is 4.10. The van der Waals surface area contributed by atoms with Gasteiger partial charge in [0.05, 0.1) is 68.8 Å². The van der Waals surface area contributed by atoms with E-state index in [1.54, 1.807) is 66.0 Å². The lowest BCUT2D eigenvalue weighted by molar-refractivity contribution is 0.101. The van der Waals surface area contributed by atoms with Crippen molar-refractivity contribution in [3.63, 3.8) is 0 Å². The van der Waals surface area contributed by atoms with Crippen molar-refractivity contribution in [2.24, 2.45) is 21.5 Å². The molecule has 1 unspecified atom stereocenters. The van der Waals surface area contributed by atoms with Crippen molar-refractivity contribution in [2.75, 3.05) is 86.9 Å². The highest BCUT2D eigenvalue weighted by Gasteiger charge is 2.24. The first-order valence-electron chi connectivity index (χ1n) is 22.0. The van der Waals surface area contributed by atoms with Gasteiger partial charge in [-0.2, -0.15) is 0 Å². The zero-order chi connectivity index (χ0) is 49.0. The van der Waals surface area contributed by atoms with Gasteiger partial charge in [0.25, 0.3) is 11.8 Å². The molecule has 23 heteroatoms. The Kier molecular flexibility index (Phi) is 16.0. The molecule has 0 saturated carbocycles. The summed E-state index contributed by atoms with van der Waals surface area (Å²) >= 11 is 2.49. The molecule has 0 aliphatic carbocycles. The summed E-state index contributed by atoms with van der Waals surface area (Å²) in [6.45, 7) is 5.80. The molecule has 8 rings (SSSR count). The molecule has 6 aromatic rings. The van der Waals surface area contributed by atoms with Crippen LogP contribution in [0.25, 0.3) is 11.4 Å². The van der Waals surface area contributed by atoms with E-state index in [0.717, 1.165) is 41.9 Å². The Labute approximate surface area is 413 Å². The third-order valence-electron chi connectivity index (χ3n) is 11.0. The van der Waals surface area contributed by atoms with Crippen molar-refractivity contribution >= 4 is 102 Å². The maximum Gasteiger partial charge on any atom is 0.275 e. The molecule has 8 N–H and O–H groups in total. The van der Waals surface area contributed by atoms with Crippen LogP contribution < -0.4 is 47.3 Å². The van der Waals surface area contributed by atoms with Gasteiger partial charge in [-0.15, -0.1) is 22.7 Å². The van der Waals surface area contributed by atoms with Crippen LogP contribution in [0.2, 0.25) is 0 Å². The van der Waals surface area contributed by atoms with Crippen molar-refractivity contribution in [1.82, 2.24) is 34.9 Å². The van der Waals surface area contributed by atoms with Gasteiger partial charge in [0, 0.05) is 95.5 Å². The molecule has 0 spiro atoms. The Balaban J connectivity index is 0.802. The fourth-order valence-corrected chi connectivity index (χ4v) is 9.64. The third-order valence-corrected chi connectivity index (χ3v) is 14.6. The maximum atomic E-state index is 13.4. The molecule has 20 nitrogen and oxygen atoms in total. The number of nitrogens with two attached hydrogens (primary N) is 2. The molecular formula is C47H51N15O5S3. The van der Waals surface area contributed by atoms with E-state index in [9.17, 15) is 18.0 Å². The minimum absolute atomic E-state index is 0.0168. The number of hydrogen-bond donors (Lipinski definition) is 6. The lowest BCUT2D eigenvalue weighted by Crippen LogP contribution is -2.53. The number of piperazine rings is 2. The van der Waals surface area contributed by atoms with Crippen LogP contribution in [-0.4, -0.2) is 129 Å². The predicted octanol–water partition coefficient (Wildman–Crippen LogP) is 4.82. The van der Waals surface area contributed by atoms with E-state index in [1.165, 1.54) is 55.1 Å². The van der Waals surface area contributed by atoms with E-state index in [-0.39, 0.29) is 28.2 Å². The number of amides is 2. The van der Waals surface area contributed by atoms with Crippen LogP contribution in [0.5, 0.6) is 5.75 Å². The Morgan fingerprint density at radius 2 is 1.29 bits per heavy atom. The molecule has 2 fully saturated rings. The van der Waals surface area contributed by atoms with Gasteiger partial charge in [-0.1, -0.05) is 0 Å². The third kappa shape index (κ3) is 12.4. The summed E-state index contributed by atoms with van der Waals surface area (Å²) in [6, 6.07) is 17.3. The summed E-state index contributed by atoms with van der Waals surface area (Å²) in [6.07, 6.45) is 13.0. The van der Waals surface area contributed by atoms with Gasteiger partial charge in [-0.3, -0.25) is 29.5 Å². The zero-order valence-electron chi connectivity index (χ0n) is 38.2. The molecule has 70 heavy (non-hydrogen) atoms. The quantitative estimate of drug-likeness (QED) is 0.0670. The molecule has 2 saturated heterocycles. The van der Waals surface area contributed by atoms with Crippen molar-refractivity contribution in [2.45, 2.75) is 10.9 Å². The van der Waals surface area contributed by atoms with Crippen LogP contribution in [-0.2, 0) is 10.0 Å². The van der Waals surface area contributed by atoms with E-state index < -0.39 is 15.9 Å². The number of aromatic nitrogens is 4. The number of aliphatic imine (C=N–C) groups is 2. The maximum absolute atomic E-state index is 13.4. The van der Waals surface area contributed by atoms with E-state index in [2.05, 4.69) is 61.0 Å². The standard InChI is InChI=1S/C47H51N15O5S3/c1-60(2)70(65,66)35-9-5-32(6-10-35)54-18-12-37(49)47-59-41(30-69-47)45(64)57-39-26-52-16-14-43(39)62-24-21-55-33(27-62)28-67-34-7-3-31(4-8-34)53-17-11-36(48)46-58-40(29-68-46)44(63)56-38-25-51-15-13-42(38)61-22-19-50-20-23-61/h3-18,25-26,29-30,33,50,55H,19-24,27-28,48-49H2,1-2H3,(H,56,63)(H,57,64). The van der Waals surface area contributed by atoms with Gasteiger partial charge in [-0.05, 0) is 72.8 Å². The lowest BCUT2D eigenvalue weighted by Gasteiger charge is -2.36. The fourth-order valence-electron chi connectivity index (χ4n) is 7.26. The number of ether oxygens (including phenoxy) is 1. The van der Waals surface area contributed by atoms with Gasteiger partial charge in [0.15, 0.2) is 0 Å². The number of allylic oxidation sites excluding steroid dienone is 2. The average molecular weight is 1000 g/mol. The number of benzene rings is 2. The molecule has 4 aromatic heterocycles. The number of hydrogen-bond acceptors (Lipinski definition) is 19. The highest BCUT2D eigenvalue weighted by molar-refractivity contribution is 7.89. The predicted molar refractivity (Wildman–Crippen MR) is 278 cm³/mol. The van der Waals surface area contributed by atoms with Crippen molar-refractivity contribution in [1.29, 1.82) is 0 Å². The molecule has 2 amide bonds. The topological polar surface area (TPSA) is 264 Å². The van der Waals surface area contributed by atoms with Crippen LogP contribution >= 0.6 is 22.7 Å². The number of carbonyl (C=O) groups is 2. The summed E-state index contributed by atoms with van der Waals surface area (Å²) in [7, 11) is -0.601. The zero-order valence-corrected chi connectivity index (χ0v) is 40.7. The lowest BCUT2D eigenvalue weighted by atomic mass is 10.2. The Morgan fingerprint density at radius 1 is 0.771 bits per heavy atom. The number of pyridine rings is 2. The first-order valence-corrected chi connectivity index (χ1v) is 25.2. The fraction of sp³-hybridized carbons (Fsp3) is 0.234. The number of thiazole rings is 2. The second-order valence-corrected chi connectivity index (χ2v) is 19.9. The summed E-state index contributed by atoms with van der Waals surface area (Å²) < 4.78 is 32.0. The summed E-state index contributed by atoms with van der Waals surface area (Å²) in [4.78, 5) is 57.3. The number of rotatable bonds is 17. The van der Waals surface area contributed by atoms with Crippen molar-refractivity contribution in [3.8, 4) is 5.75 Å². The highest BCUT2D eigenvalue weighted by atomic mass is 32.2. The van der Waals surface area contributed by atoms with E-state index in [0.29, 0.717) is 76.1 Å².